The van der Waals surface area contributed by atoms with Gasteiger partial charge in [0, 0.05) is 32.8 Å². The number of hydrogen-bond acceptors (Lipinski definition) is 7. The molecule has 1 aliphatic carbocycles. The first-order valence-electron chi connectivity index (χ1n) is 15.5. The molecule has 9 rings (SSSR count). The van der Waals surface area contributed by atoms with Crippen LogP contribution in [0.4, 0.5) is 0 Å². The number of phenols is 6. The van der Waals surface area contributed by atoms with Crippen molar-refractivity contribution in [3.63, 3.8) is 0 Å². The normalized spacial score (nSPS) is 12.9. The summed E-state index contributed by atoms with van der Waals surface area (Å²) in [6.07, 6.45) is 6.29. The summed E-state index contributed by atoms with van der Waals surface area (Å²) in [5.74, 6) is -4.91. The molecule has 6 N–H and O–H groups in total. The summed E-state index contributed by atoms with van der Waals surface area (Å²) in [5, 5.41) is 70.1. The Morgan fingerprint density at radius 2 is 1.17 bits per heavy atom. The minimum absolute atomic E-state index is 0.104. The van der Waals surface area contributed by atoms with E-state index in [0.29, 0.717) is 16.3 Å². The average molecular weight is 628 g/mol. The summed E-state index contributed by atoms with van der Waals surface area (Å²) in [6.45, 7) is 0. The number of aromatic hydroxyl groups is 6. The van der Waals surface area contributed by atoms with E-state index in [1.807, 2.05) is 54.6 Å². The first-order chi connectivity index (χ1) is 23.3. The maximum absolute atomic E-state index is 11.4. The van der Waals surface area contributed by atoms with E-state index < -0.39 is 45.3 Å². The number of hydrogen-bond donors (Lipinski definition) is 6. The zero-order valence-corrected chi connectivity index (χ0v) is 25.2. The molecule has 0 spiro atoms. The molecule has 0 unspecified atom stereocenters. The van der Waals surface area contributed by atoms with E-state index in [0.717, 1.165) is 62.2 Å². The predicted octanol–water partition coefficient (Wildman–Crippen LogP) is 8.37. The van der Waals surface area contributed by atoms with Gasteiger partial charge >= 0.3 is 0 Å². The Morgan fingerprint density at radius 1 is 0.542 bits per heavy atom. The molecule has 7 aromatic carbocycles. The number of benzene rings is 7. The van der Waals surface area contributed by atoms with Crippen LogP contribution in [0.2, 0.25) is 0 Å². The van der Waals surface area contributed by atoms with Gasteiger partial charge in [-0.3, -0.25) is 0 Å². The number of allylic oxidation sites excluding steroid dienone is 1. The van der Waals surface area contributed by atoms with Crippen LogP contribution in [0.1, 0.15) is 17.5 Å². The lowest BCUT2D eigenvalue weighted by Crippen LogP contribution is -2.05. The second kappa shape index (κ2) is 9.86. The molecule has 1 aliphatic rings. The molecule has 48 heavy (non-hydrogen) atoms. The lowest BCUT2D eigenvalue weighted by atomic mass is 9.82. The highest BCUT2D eigenvalue weighted by molar-refractivity contribution is 6.39. The van der Waals surface area contributed by atoms with E-state index in [-0.39, 0.29) is 10.9 Å². The van der Waals surface area contributed by atoms with Crippen molar-refractivity contribution in [2.24, 2.45) is 0 Å². The Morgan fingerprint density at radius 3 is 1.85 bits per heavy atom. The molecule has 1 aromatic heterocycles. The number of fused-ring (bicyclic) bond motifs is 8. The first-order valence-corrected chi connectivity index (χ1v) is 15.5. The topological polar surface area (TPSA) is 135 Å². The molecular formula is C40H25BO7. The van der Waals surface area contributed by atoms with Gasteiger partial charge in [0.15, 0.2) is 23.0 Å². The fourth-order valence-corrected chi connectivity index (χ4v) is 7.52. The summed E-state index contributed by atoms with van der Waals surface area (Å²) in [4.78, 5) is 0. The monoisotopic (exact) mass is 628 g/mol. The highest BCUT2D eigenvalue weighted by Gasteiger charge is 2.30. The highest BCUT2D eigenvalue weighted by Crippen LogP contribution is 2.58. The Kier molecular flexibility index (Phi) is 5.75. The van der Waals surface area contributed by atoms with Crippen molar-refractivity contribution in [3.05, 3.63) is 96.1 Å². The van der Waals surface area contributed by atoms with Gasteiger partial charge < -0.3 is 35.1 Å². The van der Waals surface area contributed by atoms with Gasteiger partial charge in [-0.2, -0.15) is 0 Å². The van der Waals surface area contributed by atoms with Crippen LogP contribution < -0.4 is 5.46 Å². The van der Waals surface area contributed by atoms with Gasteiger partial charge in [-0.25, -0.2) is 0 Å². The smallest absolute Gasteiger partial charge is 0.201 e. The van der Waals surface area contributed by atoms with Gasteiger partial charge in [-0.05, 0) is 68.7 Å². The van der Waals surface area contributed by atoms with Crippen molar-refractivity contribution >= 4 is 73.6 Å². The third-order valence-electron chi connectivity index (χ3n) is 9.74. The lowest BCUT2D eigenvalue weighted by Gasteiger charge is -2.22. The number of phenolic OH excluding ortho intramolecular Hbond substituents is 6. The van der Waals surface area contributed by atoms with Crippen LogP contribution in [0.5, 0.6) is 34.5 Å². The van der Waals surface area contributed by atoms with Crippen molar-refractivity contribution in [2.45, 2.75) is 12.8 Å². The number of rotatable bonds is 2. The molecule has 8 heteroatoms. The van der Waals surface area contributed by atoms with Crippen LogP contribution in [-0.4, -0.2) is 38.5 Å². The van der Waals surface area contributed by atoms with Crippen LogP contribution in [0.15, 0.2) is 89.4 Å². The Hall–Kier alpha value is -6.28. The second-order valence-corrected chi connectivity index (χ2v) is 12.2. The molecule has 7 nitrogen and oxygen atoms in total. The van der Waals surface area contributed by atoms with Gasteiger partial charge in [-0.15, -0.1) is 0 Å². The first kappa shape index (κ1) is 28.0. The molecule has 2 radical (unpaired) electrons. The van der Waals surface area contributed by atoms with Crippen LogP contribution in [0, 0.1) is 0 Å². The van der Waals surface area contributed by atoms with Gasteiger partial charge in [0.1, 0.15) is 24.8 Å². The second-order valence-electron chi connectivity index (χ2n) is 12.2. The minimum atomic E-state index is -0.915. The zero-order valence-electron chi connectivity index (χ0n) is 25.2. The molecule has 0 aliphatic heterocycles. The van der Waals surface area contributed by atoms with Gasteiger partial charge in [0.25, 0.3) is 0 Å². The maximum Gasteiger partial charge on any atom is 0.201 e. The third kappa shape index (κ3) is 3.60. The molecule has 0 saturated heterocycles. The molecular weight excluding hydrogens is 603 g/mol. The Balaban J connectivity index is 1.41. The molecule has 1 heterocycles. The van der Waals surface area contributed by atoms with Crippen molar-refractivity contribution < 1.29 is 35.1 Å². The standard InChI is InChI=1S/C40H25BO7/c41-33-34(42)32-31(35(43)38(33)46)30(36(44)39(47)37(32)45)29-24-11-5-3-9-22(24)28(23-10-4-6-12-25(23)29)19-14-15-21-26-16-13-18-7-1-2-8-20(18)40(26)48-27(21)17-19/h2-6,8-17,42-47H,1,7H2. The van der Waals surface area contributed by atoms with Crippen molar-refractivity contribution in [3.8, 4) is 56.8 Å². The maximum atomic E-state index is 11.4. The highest BCUT2D eigenvalue weighted by atomic mass is 16.3. The summed E-state index contributed by atoms with van der Waals surface area (Å²) < 4.78 is 6.54. The van der Waals surface area contributed by atoms with Crippen LogP contribution in [0.25, 0.3) is 82.6 Å². The van der Waals surface area contributed by atoms with E-state index in [1.165, 1.54) is 5.56 Å². The molecule has 0 amide bonds. The van der Waals surface area contributed by atoms with E-state index in [9.17, 15) is 30.6 Å². The van der Waals surface area contributed by atoms with Crippen LogP contribution >= 0.6 is 0 Å². The van der Waals surface area contributed by atoms with E-state index in [2.05, 4.69) is 36.4 Å². The number of furan rings is 1. The summed E-state index contributed by atoms with van der Waals surface area (Å²) >= 11 is 0. The molecule has 230 valence electrons. The molecule has 0 atom stereocenters. The van der Waals surface area contributed by atoms with Gasteiger partial charge in [0.2, 0.25) is 5.75 Å². The van der Waals surface area contributed by atoms with Crippen molar-refractivity contribution in [1.82, 2.24) is 0 Å². The fourth-order valence-electron chi connectivity index (χ4n) is 7.52. The van der Waals surface area contributed by atoms with Crippen molar-refractivity contribution in [1.29, 1.82) is 0 Å². The summed E-state index contributed by atoms with van der Waals surface area (Å²) in [6, 6.07) is 25.5. The SMILES string of the molecule is [B]c1c(O)c(O)c2c(-c3c4ccccc4c(-c4ccc5c(c4)oc4c6c(ccc45)CCC=C6)c4ccccc34)c(O)c(O)c(O)c2c1O. The zero-order chi connectivity index (χ0) is 33.0. The molecule has 8 aromatic rings. The lowest BCUT2D eigenvalue weighted by molar-refractivity contribution is 0.370. The van der Waals surface area contributed by atoms with E-state index in [1.54, 1.807) is 0 Å². The molecule has 0 bridgehead atoms. The Labute approximate surface area is 273 Å². The van der Waals surface area contributed by atoms with Crippen LogP contribution in [0.3, 0.4) is 0 Å². The third-order valence-corrected chi connectivity index (χ3v) is 9.74. The molecule has 0 fully saturated rings. The average Bonchev–Trinajstić information content (AvgIpc) is 3.50. The van der Waals surface area contributed by atoms with Crippen LogP contribution in [-0.2, 0) is 6.42 Å². The minimum Gasteiger partial charge on any atom is -0.508 e. The number of aryl methyl sites for hydroxylation is 1. The van der Waals surface area contributed by atoms with Crippen molar-refractivity contribution in [2.75, 3.05) is 0 Å². The summed E-state index contributed by atoms with van der Waals surface area (Å²) in [5.41, 5.74) is 5.46. The fraction of sp³-hybridized carbons (Fsp3) is 0.0500. The van der Waals surface area contributed by atoms with E-state index >= 15 is 0 Å². The Bertz CT molecular complexity index is 2690. The summed E-state index contributed by atoms with van der Waals surface area (Å²) in [7, 11) is 5.83. The predicted molar refractivity (Wildman–Crippen MR) is 190 cm³/mol. The van der Waals surface area contributed by atoms with Gasteiger partial charge in [0.05, 0.1) is 5.39 Å². The van der Waals surface area contributed by atoms with Gasteiger partial charge in [-0.1, -0.05) is 78.9 Å². The van der Waals surface area contributed by atoms with E-state index in [4.69, 9.17) is 12.3 Å². The quantitative estimate of drug-likeness (QED) is 0.0490. The molecule has 0 saturated carbocycles. The largest absolute Gasteiger partial charge is 0.508 e.